The molecule has 3 aromatic rings. The summed E-state index contributed by atoms with van der Waals surface area (Å²) in [5.41, 5.74) is 4.99. The van der Waals surface area contributed by atoms with Crippen molar-refractivity contribution in [3.8, 4) is 32.8 Å². The number of carbonyl (C=O) groups is 1. The predicted octanol–water partition coefficient (Wildman–Crippen LogP) is 5.54. The number of carbonyl (C=O) groups excluding carboxylic acids is 1. The van der Waals surface area contributed by atoms with Gasteiger partial charge in [0, 0.05) is 18.2 Å². The van der Waals surface area contributed by atoms with Crippen molar-refractivity contribution in [3.05, 3.63) is 59.3 Å². The monoisotopic (exact) mass is 489 g/mol. The summed E-state index contributed by atoms with van der Waals surface area (Å²) in [4.78, 5) is 17.9. The van der Waals surface area contributed by atoms with Crippen LogP contribution in [-0.4, -0.2) is 36.3 Å². The van der Waals surface area contributed by atoms with Gasteiger partial charge in [0.25, 0.3) is 0 Å². The summed E-state index contributed by atoms with van der Waals surface area (Å²) in [6, 6.07) is 14.0. The number of nitrogens with zero attached hydrogens (tertiary/aromatic N) is 2. The first-order valence-corrected chi connectivity index (χ1v) is 13.0. The van der Waals surface area contributed by atoms with Crippen molar-refractivity contribution >= 4 is 17.3 Å². The molecule has 4 rings (SSSR count). The number of rotatable bonds is 9. The molecule has 2 heterocycles. The summed E-state index contributed by atoms with van der Waals surface area (Å²) in [5, 5.41) is 13.6. The smallest absolute Gasteiger partial charge is 0.323 e. The van der Waals surface area contributed by atoms with Crippen molar-refractivity contribution in [2.75, 3.05) is 13.2 Å². The number of nitriles is 1. The van der Waals surface area contributed by atoms with Gasteiger partial charge in [-0.15, -0.1) is 11.3 Å². The van der Waals surface area contributed by atoms with Crippen molar-refractivity contribution in [2.45, 2.75) is 58.6 Å². The number of benzene rings is 2. The Morgan fingerprint density at radius 1 is 1.31 bits per heavy atom. The molecule has 1 N–H and O–H groups in total. The van der Waals surface area contributed by atoms with Crippen LogP contribution in [0.4, 0.5) is 0 Å². The van der Waals surface area contributed by atoms with Gasteiger partial charge in [-0.05, 0) is 74.5 Å². The first-order chi connectivity index (χ1) is 17.0. The number of esters is 1. The molecule has 0 aliphatic carbocycles. The maximum absolute atomic E-state index is 12.2. The van der Waals surface area contributed by atoms with E-state index < -0.39 is 0 Å². The maximum Gasteiger partial charge on any atom is 0.323 e. The van der Waals surface area contributed by atoms with Crippen LogP contribution in [0.15, 0.2) is 42.6 Å². The number of nitrogens with one attached hydrogen (secondary N) is 1. The number of aromatic nitrogens is 1. The van der Waals surface area contributed by atoms with Gasteiger partial charge in [0.1, 0.15) is 22.9 Å². The number of ether oxygens (including phenoxy) is 2. The number of hydrogen-bond acceptors (Lipinski definition) is 7. The second-order valence-corrected chi connectivity index (χ2v) is 9.91. The summed E-state index contributed by atoms with van der Waals surface area (Å²) in [5.74, 6) is 0.443. The molecule has 1 aliphatic heterocycles. The molecule has 7 heteroatoms. The molecule has 1 aromatic heterocycles. The van der Waals surface area contributed by atoms with Crippen LogP contribution in [0.25, 0.3) is 21.0 Å². The molecule has 0 bridgehead atoms. The molecule has 0 saturated carbocycles. The lowest BCUT2D eigenvalue weighted by atomic mass is 9.96. The Morgan fingerprint density at radius 3 is 2.89 bits per heavy atom. The molecule has 2 aromatic carbocycles. The lowest BCUT2D eigenvalue weighted by molar-refractivity contribution is -0.145. The van der Waals surface area contributed by atoms with E-state index >= 15 is 0 Å². The summed E-state index contributed by atoms with van der Waals surface area (Å²) in [6.07, 6.45) is 5.33. The van der Waals surface area contributed by atoms with Crippen molar-refractivity contribution in [3.63, 3.8) is 0 Å². The minimum absolute atomic E-state index is 0.00190. The number of hydrogen-bond donors (Lipinski definition) is 1. The van der Waals surface area contributed by atoms with Crippen molar-refractivity contribution < 1.29 is 14.3 Å². The Balaban J connectivity index is 1.51. The van der Waals surface area contributed by atoms with Gasteiger partial charge >= 0.3 is 5.97 Å². The highest BCUT2D eigenvalue weighted by atomic mass is 32.1. The van der Waals surface area contributed by atoms with Gasteiger partial charge in [0.05, 0.1) is 23.2 Å². The van der Waals surface area contributed by atoms with Gasteiger partial charge in [0.2, 0.25) is 0 Å². The van der Waals surface area contributed by atoms with Crippen LogP contribution in [-0.2, 0) is 22.4 Å². The van der Waals surface area contributed by atoms with E-state index in [1.165, 1.54) is 11.1 Å². The zero-order valence-electron chi connectivity index (χ0n) is 20.5. The molecular formula is C28H31N3O3S. The third-order valence-corrected chi connectivity index (χ3v) is 7.15. The van der Waals surface area contributed by atoms with Crippen LogP contribution in [0.1, 0.15) is 50.3 Å². The van der Waals surface area contributed by atoms with Gasteiger partial charge < -0.3 is 14.8 Å². The minimum atomic E-state index is -0.157. The van der Waals surface area contributed by atoms with Crippen LogP contribution in [0.3, 0.4) is 0 Å². The van der Waals surface area contributed by atoms with Crippen molar-refractivity contribution in [1.82, 2.24) is 10.3 Å². The lowest BCUT2D eigenvalue weighted by Gasteiger charge is -2.14. The van der Waals surface area contributed by atoms with Gasteiger partial charge in [-0.1, -0.05) is 25.1 Å². The summed E-state index contributed by atoms with van der Waals surface area (Å²) in [6.45, 7) is 7.29. The Bertz CT molecular complexity index is 1220. The Labute approximate surface area is 210 Å². The lowest BCUT2D eigenvalue weighted by Crippen LogP contribution is -2.32. The normalized spacial score (nSPS) is 15.2. The standard InChI is InChI=1S/C28H31N3O3S/c1-4-22-19(12-14-33-28(32)24-9-6-13-30-24)7-5-8-23(22)26-17-31-27(35-26)20-10-11-25(34-18(2)3)21(15-20)16-29/h5,7-8,10-11,15,17-18,24,30H,4,6,9,12-14H2,1-3H3/t24-/m0/s1. The molecule has 1 saturated heterocycles. The highest BCUT2D eigenvalue weighted by molar-refractivity contribution is 7.18. The molecule has 0 amide bonds. The Morgan fingerprint density at radius 2 is 2.17 bits per heavy atom. The van der Waals surface area contributed by atoms with Gasteiger partial charge in [-0.25, -0.2) is 4.98 Å². The molecule has 35 heavy (non-hydrogen) atoms. The van der Waals surface area contributed by atoms with Crippen LogP contribution in [0, 0.1) is 11.3 Å². The topological polar surface area (TPSA) is 84.2 Å². The zero-order chi connectivity index (χ0) is 24.8. The average molecular weight is 490 g/mol. The van der Waals surface area contributed by atoms with E-state index in [0.29, 0.717) is 24.3 Å². The molecule has 1 fully saturated rings. The largest absolute Gasteiger partial charge is 0.490 e. The average Bonchev–Trinajstić information content (AvgIpc) is 3.56. The highest BCUT2D eigenvalue weighted by Gasteiger charge is 2.23. The Kier molecular flexibility index (Phi) is 8.17. The fourth-order valence-corrected chi connectivity index (χ4v) is 5.37. The fourth-order valence-electron chi connectivity index (χ4n) is 4.40. The minimum Gasteiger partial charge on any atom is -0.490 e. The van der Waals surface area contributed by atoms with Gasteiger partial charge in [-0.3, -0.25) is 4.79 Å². The van der Waals surface area contributed by atoms with Crippen molar-refractivity contribution in [1.29, 1.82) is 5.26 Å². The number of thiazole rings is 1. The predicted molar refractivity (Wildman–Crippen MR) is 139 cm³/mol. The maximum atomic E-state index is 12.2. The molecule has 6 nitrogen and oxygen atoms in total. The SMILES string of the molecule is CCc1c(CCOC(=O)[C@@H]2CCCN2)cccc1-c1cnc(-c2ccc(OC(C)C)c(C#N)c2)s1. The van der Waals surface area contributed by atoms with Crippen LogP contribution < -0.4 is 10.1 Å². The van der Waals surface area contributed by atoms with E-state index in [1.807, 2.05) is 38.2 Å². The zero-order valence-corrected chi connectivity index (χ0v) is 21.3. The molecule has 1 atom stereocenters. The molecular weight excluding hydrogens is 458 g/mol. The summed E-state index contributed by atoms with van der Waals surface area (Å²) < 4.78 is 11.3. The van der Waals surface area contributed by atoms with E-state index in [2.05, 4.69) is 41.5 Å². The van der Waals surface area contributed by atoms with Crippen LogP contribution >= 0.6 is 11.3 Å². The van der Waals surface area contributed by atoms with Gasteiger partial charge in [0.15, 0.2) is 0 Å². The van der Waals surface area contributed by atoms with E-state index in [-0.39, 0.29) is 18.1 Å². The Hall–Kier alpha value is -3.21. The second kappa shape index (κ2) is 11.5. The van der Waals surface area contributed by atoms with E-state index in [4.69, 9.17) is 9.47 Å². The fraction of sp³-hybridized carbons (Fsp3) is 0.393. The molecule has 0 radical (unpaired) electrons. The third kappa shape index (κ3) is 5.90. The second-order valence-electron chi connectivity index (χ2n) is 8.88. The first-order valence-electron chi connectivity index (χ1n) is 12.2. The quantitative estimate of drug-likeness (QED) is 0.398. The van der Waals surface area contributed by atoms with E-state index in [9.17, 15) is 10.1 Å². The summed E-state index contributed by atoms with van der Waals surface area (Å²) >= 11 is 1.61. The molecule has 182 valence electrons. The van der Waals surface area contributed by atoms with E-state index in [1.54, 1.807) is 11.3 Å². The van der Waals surface area contributed by atoms with Crippen molar-refractivity contribution in [2.24, 2.45) is 0 Å². The van der Waals surface area contributed by atoms with Crippen LogP contribution in [0.2, 0.25) is 0 Å². The molecule has 1 aliphatic rings. The molecule has 0 spiro atoms. The summed E-state index contributed by atoms with van der Waals surface area (Å²) in [7, 11) is 0. The van der Waals surface area contributed by atoms with Crippen LogP contribution in [0.5, 0.6) is 5.75 Å². The third-order valence-electron chi connectivity index (χ3n) is 6.07. The first kappa shape index (κ1) is 24.9. The highest BCUT2D eigenvalue weighted by Crippen LogP contribution is 2.36. The molecule has 0 unspecified atom stereocenters. The van der Waals surface area contributed by atoms with E-state index in [0.717, 1.165) is 46.8 Å². The van der Waals surface area contributed by atoms with Gasteiger partial charge in [-0.2, -0.15) is 5.26 Å².